The van der Waals surface area contributed by atoms with Crippen LogP contribution in [0.1, 0.15) is 12.0 Å². The van der Waals surface area contributed by atoms with E-state index in [1.54, 1.807) is 12.1 Å². The van der Waals surface area contributed by atoms with E-state index >= 15 is 0 Å². The molecule has 1 aromatic carbocycles. The SMILES string of the molecule is O=S(=O)(Cl)c1ccc(CCCO)cc1. The molecule has 1 aromatic rings. The lowest BCUT2D eigenvalue weighted by Gasteiger charge is -2.00. The minimum atomic E-state index is -3.62. The van der Waals surface area contributed by atoms with Gasteiger partial charge in [0.15, 0.2) is 0 Å². The van der Waals surface area contributed by atoms with Crippen LogP contribution in [0.5, 0.6) is 0 Å². The first-order valence-corrected chi connectivity index (χ1v) is 6.49. The molecule has 0 spiro atoms. The zero-order valence-corrected chi connectivity index (χ0v) is 9.05. The second kappa shape index (κ2) is 4.77. The maximum absolute atomic E-state index is 10.9. The highest BCUT2D eigenvalue weighted by Crippen LogP contribution is 2.15. The van der Waals surface area contributed by atoms with Gasteiger partial charge in [0, 0.05) is 17.3 Å². The van der Waals surface area contributed by atoms with Gasteiger partial charge in [0.05, 0.1) is 4.90 Å². The molecule has 1 rings (SSSR count). The van der Waals surface area contributed by atoms with Crippen molar-refractivity contribution >= 4 is 19.7 Å². The highest BCUT2D eigenvalue weighted by Gasteiger charge is 2.08. The molecule has 0 radical (unpaired) electrons. The lowest BCUT2D eigenvalue weighted by molar-refractivity contribution is 0.288. The highest BCUT2D eigenvalue weighted by atomic mass is 35.7. The van der Waals surface area contributed by atoms with Crippen molar-refractivity contribution in [3.63, 3.8) is 0 Å². The molecule has 0 aliphatic carbocycles. The van der Waals surface area contributed by atoms with Crippen LogP contribution >= 0.6 is 10.7 Å². The van der Waals surface area contributed by atoms with Crippen LogP contribution < -0.4 is 0 Å². The molecule has 1 N–H and O–H groups in total. The first-order chi connectivity index (χ1) is 6.54. The Morgan fingerprint density at radius 3 is 2.21 bits per heavy atom. The van der Waals surface area contributed by atoms with E-state index in [4.69, 9.17) is 15.8 Å². The van der Waals surface area contributed by atoms with Crippen LogP contribution in [-0.4, -0.2) is 20.1 Å². The third-order valence-electron chi connectivity index (χ3n) is 1.83. The first-order valence-electron chi connectivity index (χ1n) is 4.18. The maximum Gasteiger partial charge on any atom is 0.261 e. The summed E-state index contributed by atoms with van der Waals surface area (Å²) < 4.78 is 21.8. The molecule has 0 atom stereocenters. The Morgan fingerprint density at radius 1 is 1.21 bits per heavy atom. The average Bonchev–Trinajstić information content (AvgIpc) is 2.14. The summed E-state index contributed by atoms with van der Waals surface area (Å²) in [5.41, 5.74) is 0.989. The number of aryl methyl sites for hydroxylation is 1. The Bertz CT molecular complexity index is 383. The lowest BCUT2D eigenvalue weighted by Crippen LogP contribution is -1.93. The molecule has 0 aliphatic rings. The summed E-state index contributed by atoms with van der Waals surface area (Å²) in [6.07, 6.45) is 1.41. The third-order valence-corrected chi connectivity index (χ3v) is 3.20. The number of benzene rings is 1. The molecule has 0 saturated heterocycles. The van der Waals surface area contributed by atoms with Crippen molar-refractivity contribution in [1.82, 2.24) is 0 Å². The highest BCUT2D eigenvalue weighted by molar-refractivity contribution is 8.13. The van der Waals surface area contributed by atoms with Gasteiger partial charge in [-0.1, -0.05) is 12.1 Å². The van der Waals surface area contributed by atoms with E-state index in [-0.39, 0.29) is 11.5 Å². The van der Waals surface area contributed by atoms with E-state index in [1.165, 1.54) is 12.1 Å². The molecule has 0 aromatic heterocycles. The van der Waals surface area contributed by atoms with E-state index in [1.807, 2.05) is 0 Å². The summed E-state index contributed by atoms with van der Waals surface area (Å²) in [6.45, 7) is 0.134. The number of hydrogen-bond acceptors (Lipinski definition) is 3. The summed E-state index contributed by atoms with van der Waals surface area (Å²) in [4.78, 5) is 0.104. The molecule has 78 valence electrons. The Hall–Kier alpha value is -0.580. The third kappa shape index (κ3) is 3.29. The number of hydrogen-bond donors (Lipinski definition) is 1. The van der Waals surface area contributed by atoms with Crippen molar-refractivity contribution in [2.75, 3.05) is 6.61 Å². The molecular weight excluding hydrogens is 224 g/mol. The molecule has 0 amide bonds. The summed E-state index contributed by atoms with van der Waals surface area (Å²) in [7, 11) is 1.53. The van der Waals surface area contributed by atoms with Gasteiger partial charge in [-0.3, -0.25) is 0 Å². The topological polar surface area (TPSA) is 54.4 Å². The molecule has 0 heterocycles. The molecule has 3 nitrogen and oxygen atoms in total. The van der Waals surface area contributed by atoms with Crippen molar-refractivity contribution in [1.29, 1.82) is 0 Å². The van der Waals surface area contributed by atoms with Gasteiger partial charge in [-0.15, -0.1) is 0 Å². The number of aliphatic hydroxyl groups excluding tert-OH is 1. The fourth-order valence-corrected chi connectivity index (χ4v) is 1.87. The molecule has 0 unspecified atom stereocenters. The molecule has 0 aliphatic heterocycles. The quantitative estimate of drug-likeness (QED) is 0.804. The second-order valence-corrected chi connectivity index (χ2v) is 5.47. The smallest absolute Gasteiger partial charge is 0.261 e. The Kier molecular flexibility index (Phi) is 3.92. The van der Waals surface area contributed by atoms with Crippen LogP contribution in [0.3, 0.4) is 0 Å². The summed E-state index contributed by atoms with van der Waals surface area (Å²) in [5.74, 6) is 0. The number of aliphatic hydroxyl groups is 1. The van der Waals surface area contributed by atoms with Gasteiger partial charge in [-0.05, 0) is 30.5 Å². The van der Waals surface area contributed by atoms with E-state index < -0.39 is 9.05 Å². The predicted molar refractivity (Wildman–Crippen MR) is 54.9 cm³/mol. The molecule has 0 bridgehead atoms. The number of rotatable bonds is 4. The van der Waals surface area contributed by atoms with Gasteiger partial charge in [0.2, 0.25) is 0 Å². The van der Waals surface area contributed by atoms with Gasteiger partial charge in [-0.2, -0.15) is 0 Å². The molecule has 14 heavy (non-hydrogen) atoms. The average molecular weight is 235 g/mol. The largest absolute Gasteiger partial charge is 0.396 e. The zero-order chi connectivity index (χ0) is 10.6. The summed E-state index contributed by atoms with van der Waals surface area (Å²) in [6, 6.07) is 6.33. The summed E-state index contributed by atoms with van der Waals surface area (Å²) >= 11 is 0. The fourth-order valence-electron chi connectivity index (χ4n) is 1.10. The van der Waals surface area contributed by atoms with E-state index in [0.717, 1.165) is 12.0 Å². The standard InChI is InChI=1S/C9H11ClO3S/c10-14(12,13)9-5-3-8(4-6-9)2-1-7-11/h3-6,11H,1-2,7H2. The van der Waals surface area contributed by atoms with Crippen LogP contribution in [-0.2, 0) is 15.5 Å². The van der Waals surface area contributed by atoms with Crippen molar-refractivity contribution < 1.29 is 13.5 Å². The van der Waals surface area contributed by atoms with Crippen LogP contribution in [0.4, 0.5) is 0 Å². The number of halogens is 1. The maximum atomic E-state index is 10.9. The minimum Gasteiger partial charge on any atom is -0.396 e. The Labute approximate surface area is 87.8 Å². The van der Waals surface area contributed by atoms with Crippen LogP contribution in [0.2, 0.25) is 0 Å². The van der Waals surface area contributed by atoms with Crippen molar-refractivity contribution in [3.05, 3.63) is 29.8 Å². The Balaban J connectivity index is 2.79. The van der Waals surface area contributed by atoms with Gasteiger partial charge >= 0.3 is 0 Å². The van der Waals surface area contributed by atoms with Crippen LogP contribution in [0.15, 0.2) is 29.2 Å². The van der Waals surface area contributed by atoms with E-state index in [2.05, 4.69) is 0 Å². The zero-order valence-electron chi connectivity index (χ0n) is 7.48. The van der Waals surface area contributed by atoms with Crippen molar-refractivity contribution in [2.24, 2.45) is 0 Å². The van der Waals surface area contributed by atoms with Gasteiger partial charge in [-0.25, -0.2) is 8.42 Å². The molecule has 0 saturated carbocycles. The van der Waals surface area contributed by atoms with Crippen molar-refractivity contribution in [2.45, 2.75) is 17.7 Å². The fraction of sp³-hybridized carbons (Fsp3) is 0.333. The second-order valence-electron chi connectivity index (χ2n) is 2.91. The monoisotopic (exact) mass is 234 g/mol. The van der Waals surface area contributed by atoms with E-state index in [0.29, 0.717) is 6.42 Å². The first kappa shape index (κ1) is 11.5. The van der Waals surface area contributed by atoms with Gasteiger partial charge in [0.25, 0.3) is 9.05 Å². The lowest BCUT2D eigenvalue weighted by atomic mass is 10.1. The van der Waals surface area contributed by atoms with Crippen molar-refractivity contribution in [3.8, 4) is 0 Å². The normalized spacial score (nSPS) is 11.6. The van der Waals surface area contributed by atoms with Crippen LogP contribution in [0, 0.1) is 0 Å². The van der Waals surface area contributed by atoms with E-state index in [9.17, 15) is 8.42 Å². The van der Waals surface area contributed by atoms with Gasteiger partial charge in [0.1, 0.15) is 0 Å². The molecule has 0 fully saturated rings. The van der Waals surface area contributed by atoms with Gasteiger partial charge < -0.3 is 5.11 Å². The minimum absolute atomic E-state index is 0.104. The summed E-state index contributed by atoms with van der Waals surface area (Å²) in [5, 5.41) is 8.59. The molecular formula is C9H11ClO3S. The molecule has 5 heteroatoms. The van der Waals surface area contributed by atoms with Crippen LogP contribution in [0.25, 0.3) is 0 Å². The Morgan fingerprint density at radius 2 is 1.79 bits per heavy atom. The predicted octanol–water partition coefficient (Wildman–Crippen LogP) is 1.54.